The first-order chi connectivity index (χ1) is 18.4. The molecule has 0 radical (unpaired) electrons. The van der Waals surface area contributed by atoms with Crippen LogP contribution in [0.1, 0.15) is 47.2 Å². The van der Waals surface area contributed by atoms with Gasteiger partial charge in [-0.2, -0.15) is 0 Å². The van der Waals surface area contributed by atoms with E-state index in [0.717, 1.165) is 42.7 Å². The zero-order valence-electron chi connectivity index (χ0n) is 21.9. The van der Waals surface area contributed by atoms with Crippen molar-refractivity contribution in [1.82, 2.24) is 20.2 Å². The van der Waals surface area contributed by atoms with Gasteiger partial charge >= 0.3 is 0 Å². The molecule has 3 aromatic rings. The van der Waals surface area contributed by atoms with E-state index in [0.29, 0.717) is 24.8 Å². The van der Waals surface area contributed by atoms with Gasteiger partial charge in [-0.25, -0.2) is 9.37 Å². The molecular weight excluding hydrogens is 483 g/mol. The van der Waals surface area contributed by atoms with Gasteiger partial charge in [0.05, 0.1) is 18.1 Å². The maximum Gasteiger partial charge on any atom is 0.293 e. The summed E-state index contributed by atoms with van der Waals surface area (Å²) >= 11 is 0. The summed E-state index contributed by atoms with van der Waals surface area (Å²) in [5, 5.41) is 13.2. The molecule has 0 spiro atoms. The molecule has 8 heteroatoms. The molecule has 1 aliphatic heterocycles. The molecule has 2 heterocycles. The zero-order valence-corrected chi connectivity index (χ0v) is 21.9. The largest absolute Gasteiger partial charge is 0.502 e. The Morgan fingerprint density at radius 3 is 2.47 bits per heavy atom. The lowest BCUT2D eigenvalue weighted by Crippen LogP contribution is -2.28. The first-order valence-electron chi connectivity index (χ1n) is 13.0. The van der Waals surface area contributed by atoms with E-state index in [2.05, 4.69) is 56.3 Å². The number of hydrogen-bond acceptors (Lipinski definition) is 6. The minimum Gasteiger partial charge on any atom is -0.502 e. The van der Waals surface area contributed by atoms with Crippen molar-refractivity contribution in [2.45, 2.75) is 44.5 Å². The van der Waals surface area contributed by atoms with E-state index < -0.39 is 11.7 Å². The van der Waals surface area contributed by atoms with E-state index in [1.54, 1.807) is 7.11 Å². The van der Waals surface area contributed by atoms with Crippen LogP contribution in [0, 0.1) is 11.8 Å². The number of rotatable bonds is 10. The van der Waals surface area contributed by atoms with Crippen molar-refractivity contribution in [2.24, 2.45) is 0 Å². The Balaban J connectivity index is 1.41. The topological polar surface area (TPSA) is 90.5 Å². The highest BCUT2D eigenvalue weighted by atomic mass is 19.1. The summed E-state index contributed by atoms with van der Waals surface area (Å²) in [5.41, 5.74) is 3.81. The molecular formula is C30H35FN4O3. The van der Waals surface area contributed by atoms with Gasteiger partial charge in [-0.1, -0.05) is 36.1 Å². The van der Waals surface area contributed by atoms with Crippen molar-refractivity contribution in [1.29, 1.82) is 0 Å². The second kappa shape index (κ2) is 13.3. The number of aromatic nitrogens is 2. The molecule has 1 aliphatic rings. The number of nitrogens with one attached hydrogen (secondary N) is 2. The number of H-pyrrole nitrogens is 1. The molecule has 2 aromatic carbocycles. The fraction of sp³-hybridized carbons (Fsp3) is 0.400. The van der Waals surface area contributed by atoms with Gasteiger partial charge in [-0.15, -0.1) is 0 Å². The summed E-state index contributed by atoms with van der Waals surface area (Å²) in [6, 6.07) is 16.2. The number of benzene rings is 2. The van der Waals surface area contributed by atoms with Crippen LogP contribution >= 0.6 is 0 Å². The predicted octanol–water partition coefficient (Wildman–Crippen LogP) is 3.37. The van der Waals surface area contributed by atoms with Crippen LogP contribution in [0.2, 0.25) is 0 Å². The van der Waals surface area contributed by atoms with E-state index in [9.17, 15) is 14.3 Å². The lowest BCUT2D eigenvalue weighted by Gasteiger charge is -2.19. The first-order valence-corrected chi connectivity index (χ1v) is 13.0. The third kappa shape index (κ3) is 7.75. The van der Waals surface area contributed by atoms with Crippen LogP contribution in [0.4, 0.5) is 4.39 Å². The summed E-state index contributed by atoms with van der Waals surface area (Å²) in [5.74, 6) is 5.95. The quantitative estimate of drug-likeness (QED) is 0.357. The van der Waals surface area contributed by atoms with Crippen molar-refractivity contribution < 1.29 is 14.2 Å². The number of ether oxygens (including phenoxy) is 1. The molecule has 3 N–H and O–H groups in total. The molecule has 3 atom stereocenters. The van der Waals surface area contributed by atoms with Gasteiger partial charge in [-0.05, 0) is 48.7 Å². The van der Waals surface area contributed by atoms with E-state index in [1.807, 2.05) is 24.3 Å². The van der Waals surface area contributed by atoms with Crippen LogP contribution in [0.3, 0.4) is 0 Å². The molecule has 0 bridgehead atoms. The van der Waals surface area contributed by atoms with Crippen LogP contribution in [0.25, 0.3) is 0 Å². The molecule has 38 heavy (non-hydrogen) atoms. The minimum atomic E-state index is -0.975. The number of hydrogen-bond donors (Lipinski definition) is 3. The fourth-order valence-electron chi connectivity index (χ4n) is 4.64. The van der Waals surface area contributed by atoms with E-state index in [1.165, 1.54) is 18.8 Å². The molecule has 1 aromatic heterocycles. The molecule has 0 amide bonds. The average molecular weight is 519 g/mol. The Labute approximate surface area is 223 Å². The Bertz CT molecular complexity index is 1300. The third-order valence-electron chi connectivity index (χ3n) is 6.82. The van der Waals surface area contributed by atoms with Gasteiger partial charge in [0.1, 0.15) is 6.17 Å². The van der Waals surface area contributed by atoms with E-state index in [4.69, 9.17) is 4.74 Å². The zero-order chi connectivity index (χ0) is 26.9. The second-order valence-electron chi connectivity index (χ2n) is 9.82. The number of halogens is 1. The summed E-state index contributed by atoms with van der Waals surface area (Å²) in [6.07, 6.45) is 2.06. The average Bonchev–Trinajstić information content (AvgIpc) is 3.38. The Hall–Kier alpha value is -3.51. The van der Waals surface area contributed by atoms with Gasteiger partial charge in [0.15, 0.2) is 0 Å². The summed E-state index contributed by atoms with van der Waals surface area (Å²) in [6.45, 7) is 5.14. The molecule has 7 nitrogen and oxygen atoms in total. The molecule has 1 unspecified atom stereocenters. The Morgan fingerprint density at radius 2 is 1.84 bits per heavy atom. The second-order valence-corrected chi connectivity index (χ2v) is 9.82. The molecule has 4 rings (SSSR count). The third-order valence-corrected chi connectivity index (χ3v) is 6.82. The Kier molecular flexibility index (Phi) is 9.66. The number of aromatic hydroxyl groups is 1. The lowest BCUT2D eigenvalue weighted by atomic mass is 9.93. The summed E-state index contributed by atoms with van der Waals surface area (Å²) in [4.78, 5) is 20.7. The highest BCUT2D eigenvalue weighted by Crippen LogP contribution is 2.23. The van der Waals surface area contributed by atoms with Gasteiger partial charge in [0.25, 0.3) is 5.56 Å². The summed E-state index contributed by atoms with van der Waals surface area (Å²) in [7, 11) is 1.78. The highest BCUT2D eigenvalue weighted by molar-refractivity contribution is 5.44. The number of methoxy groups -OCH3 is 1. The molecule has 0 aliphatic carbocycles. The molecule has 1 fully saturated rings. The van der Waals surface area contributed by atoms with Crippen LogP contribution in [-0.2, 0) is 17.7 Å². The van der Waals surface area contributed by atoms with E-state index >= 15 is 0 Å². The standard InChI is InChI=1S/C30H35FN4O3/c1-21(31)16-32-17-26(15-28-29(36)30(37)34-20-33-28)25-11-9-23(10-12-25)4-3-22-5-7-24(8-6-22)18-35-14-13-27(19-35)38-2/h5-12,20-21,26-27,32,36H,13-19H2,1-2H3,(H,33,34,37)/t21?,26-,27+/m0/s1. The number of alkyl halides is 1. The molecule has 200 valence electrons. The fourth-order valence-corrected chi connectivity index (χ4v) is 4.64. The van der Waals surface area contributed by atoms with E-state index in [-0.39, 0.29) is 18.2 Å². The van der Waals surface area contributed by atoms with Crippen molar-refractivity contribution in [3.63, 3.8) is 0 Å². The van der Waals surface area contributed by atoms with Crippen molar-refractivity contribution >= 4 is 0 Å². The number of aromatic amines is 1. The minimum absolute atomic E-state index is 0.113. The van der Waals surface area contributed by atoms with Gasteiger partial charge in [-0.3, -0.25) is 9.69 Å². The Morgan fingerprint density at radius 1 is 1.16 bits per heavy atom. The van der Waals surface area contributed by atoms with Crippen LogP contribution in [0.15, 0.2) is 59.7 Å². The van der Waals surface area contributed by atoms with Crippen LogP contribution in [0.5, 0.6) is 5.75 Å². The first kappa shape index (κ1) is 27.5. The SMILES string of the molecule is CO[C@@H]1CCN(Cc2ccc(C#Cc3ccc([C@H](CNCC(C)F)Cc4nc[nH]c(=O)c4O)cc3)cc2)C1. The van der Waals surface area contributed by atoms with Gasteiger partial charge in [0.2, 0.25) is 5.75 Å². The van der Waals surface area contributed by atoms with Crippen molar-refractivity contribution in [2.75, 3.05) is 33.3 Å². The maximum absolute atomic E-state index is 13.3. The maximum atomic E-state index is 13.3. The van der Waals surface area contributed by atoms with Crippen molar-refractivity contribution in [3.8, 4) is 17.6 Å². The predicted molar refractivity (Wildman–Crippen MR) is 146 cm³/mol. The van der Waals surface area contributed by atoms with Gasteiger partial charge in [0, 0.05) is 63.3 Å². The van der Waals surface area contributed by atoms with Crippen molar-refractivity contribution in [3.05, 3.63) is 93.2 Å². The normalized spacial score (nSPS) is 17.1. The smallest absolute Gasteiger partial charge is 0.293 e. The molecule has 0 saturated carbocycles. The number of likely N-dealkylation sites (tertiary alicyclic amines) is 1. The van der Waals surface area contributed by atoms with Crippen LogP contribution < -0.4 is 10.9 Å². The van der Waals surface area contributed by atoms with Gasteiger partial charge < -0.3 is 20.1 Å². The highest BCUT2D eigenvalue weighted by Gasteiger charge is 2.21. The lowest BCUT2D eigenvalue weighted by molar-refractivity contribution is 0.107. The molecule has 1 saturated heterocycles. The van der Waals surface area contributed by atoms with Crippen LogP contribution in [-0.4, -0.2) is 65.5 Å². The number of nitrogens with zero attached hydrogens (tertiary/aromatic N) is 2. The summed E-state index contributed by atoms with van der Waals surface area (Å²) < 4.78 is 18.8. The monoisotopic (exact) mass is 518 g/mol.